The second-order valence-electron chi connectivity index (χ2n) is 4.76. The highest BCUT2D eigenvalue weighted by Gasteiger charge is 2.25. The summed E-state index contributed by atoms with van der Waals surface area (Å²) >= 11 is 0. The summed E-state index contributed by atoms with van der Waals surface area (Å²) in [5.74, 6) is 0.309. The average molecular weight is 231 g/mol. The number of ketones is 1. The monoisotopic (exact) mass is 231 g/mol. The van der Waals surface area contributed by atoms with E-state index in [-0.39, 0.29) is 11.7 Å². The predicted octanol–water partition coefficient (Wildman–Crippen LogP) is 3.22. The van der Waals surface area contributed by atoms with E-state index >= 15 is 0 Å². The van der Waals surface area contributed by atoms with Crippen LogP contribution >= 0.6 is 0 Å². The lowest BCUT2D eigenvalue weighted by atomic mass is 9.97. The molecule has 3 heteroatoms. The third kappa shape index (κ3) is 1.86. The molecule has 1 saturated carbocycles. The molecule has 1 aliphatic rings. The molecule has 1 heterocycles. The number of Topliss-reactive ketones (excluding diaryl/α,β-unsaturated/α-hetero) is 1. The Morgan fingerprint density at radius 2 is 2.29 bits per heavy atom. The summed E-state index contributed by atoms with van der Waals surface area (Å²) in [4.78, 5) is 14.7. The van der Waals surface area contributed by atoms with Gasteiger partial charge in [0.1, 0.15) is 11.6 Å². The molecule has 1 N–H and O–H groups in total. The number of hydrogen-bond acceptors (Lipinski definition) is 1. The highest BCUT2D eigenvalue weighted by molar-refractivity contribution is 5.86. The molecule has 0 bridgehead atoms. The maximum absolute atomic E-state index is 13.0. The van der Waals surface area contributed by atoms with E-state index < -0.39 is 0 Å². The largest absolute Gasteiger partial charge is 0.361 e. The Morgan fingerprint density at radius 3 is 3.06 bits per heavy atom. The molecule has 0 saturated heterocycles. The van der Waals surface area contributed by atoms with E-state index in [9.17, 15) is 9.18 Å². The second-order valence-corrected chi connectivity index (χ2v) is 4.76. The zero-order chi connectivity index (χ0) is 11.8. The molecule has 1 aliphatic carbocycles. The molecule has 0 spiro atoms. The van der Waals surface area contributed by atoms with Crippen LogP contribution in [0.5, 0.6) is 0 Å². The van der Waals surface area contributed by atoms with E-state index in [0.29, 0.717) is 5.78 Å². The van der Waals surface area contributed by atoms with Crippen LogP contribution in [-0.2, 0) is 11.2 Å². The molecular formula is C14H14FNO. The molecule has 17 heavy (non-hydrogen) atoms. The van der Waals surface area contributed by atoms with Gasteiger partial charge in [0, 0.05) is 29.4 Å². The van der Waals surface area contributed by atoms with Crippen molar-refractivity contribution < 1.29 is 9.18 Å². The summed E-state index contributed by atoms with van der Waals surface area (Å²) in [6, 6.07) is 4.75. The van der Waals surface area contributed by atoms with Crippen molar-refractivity contribution in [2.24, 2.45) is 5.92 Å². The van der Waals surface area contributed by atoms with E-state index in [4.69, 9.17) is 0 Å². The summed E-state index contributed by atoms with van der Waals surface area (Å²) < 4.78 is 13.0. The maximum atomic E-state index is 13.0. The van der Waals surface area contributed by atoms with Crippen LogP contribution in [0.1, 0.15) is 24.8 Å². The number of aromatic amines is 1. The fourth-order valence-electron chi connectivity index (χ4n) is 2.70. The van der Waals surface area contributed by atoms with Crippen molar-refractivity contribution in [3.05, 3.63) is 35.8 Å². The van der Waals surface area contributed by atoms with Gasteiger partial charge in [-0.1, -0.05) is 0 Å². The number of H-pyrrole nitrogens is 1. The summed E-state index contributed by atoms with van der Waals surface area (Å²) in [6.45, 7) is 0. The number of carbonyl (C=O) groups is 1. The van der Waals surface area contributed by atoms with Crippen LogP contribution in [0.2, 0.25) is 0 Å². The fraction of sp³-hybridized carbons (Fsp3) is 0.357. The van der Waals surface area contributed by atoms with E-state index in [1.807, 2.05) is 6.20 Å². The zero-order valence-electron chi connectivity index (χ0n) is 9.50. The standard InChI is InChI=1S/C14H14FNO/c15-11-4-5-12-10(8-16-13(12)7-11)6-9-2-1-3-14(9)17/h4-5,7-9,16H,1-3,6H2. The minimum absolute atomic E-state index is 0.166. The number of fused-ring (bicyclic) bond motifs is 1. The van der Waals surface area contributed by atoms with Gasteiger partial charge in [0.25, 0.3) is 0 Å². The van der Waals surface area contributed by atoms with Crippen LogP contribution in [0, 0.1) is 11.7 Å². The van der Waals surface area contributed by atoms with Crippen LogP contribution in [0.4, 0.5) is 4.39 Å². The topological polar surface area (TPSA) is 32.9 Å². The van der Waals surface area contributed by atoms with Gasteiger partial charge < -0.3 is 4.98 Å². The van der Waals surface area contributed by atoms with Gasteiger partial charge in [0.2, 0.25) is 0 Å². The molecule has 1 fully saturated rings. The minimum atomic E-state index is -0.233. The van der Waals surface area contributed by atoms with Gasteiger partial charge in [-0.25, -0.2) is 4.39 Å². The molecule has 1 atom stereocenters. The first-order valence-electron chi connectivity index (χ1n) is 6.02. The molecule has 88 valence electrons. The van der Waals surface area contributed by atoms with Gasteiger partial charge in [-0.3, -0.25) is 4.79 Å². The van der Waals surface area contributed by atoms with Gasteiger partial charge in [-0.15, -0.1) is 0 Å². The summed E-state index contributed by atoms with van der Waals surface area (Å²) in [5, 5.41) is 1.03. The predicted molar refractivity (Wildman–Crippen MR) is 64.3 cm³/mol. The number of carbonyl (C=O) groups excluding carboxylic acids is 1. The first kappa shape index (κ1) is 10.5. The number of halogens is 1. The Hall–Kier alpha value is -1.64. The van der Waals surface area contributed by atoms with E-state index in [0.717, 1.165) is 42.1 Å². The third-order valence-corrected chi connectivity index (χ3v) is 3.63. The van der Waals surface area contributed by atoms with Crippen LogP contribution < -0.4 is 0 Å². The van der Waals surface area contributed by atoms with Crippen molar-refractivity contribution in [3.8, 4) is 0 Å². The lowest BCUT2D eigenvalue weighted by Gasteiger charge is -2.06. The molecule has 0 amide bonds. The highest BCUT2D eigenvalue weighted by atomic mass is 19.1. The number of rotatable bonds is 2. The molecule has 1 unspecified atom stereocenters. The van der Waals surface area contributed by atoms with Crippen molar-refractivity contribution in [3.63, 3.8) is 0 Å². The van der Waals surface area contributed by atoms with Gasteiger partial charge in [0.15, 0.2) is 0 Å². The van der Waals surface area contributed by atoms with Crippen molar-refractivity contribution in [2.45, 2.75) is 25.7 Å². The number of nitrogens with one attached hydrogen (secondary N) is 1. The number of benzene rings is 1. The summed E-state index contributed by atoms with van der Waals surface area (Å²) in [5.41, 5.74) is 1.94. The van der Waals surface area contributed by atoms with Crippen LogP contribution in [-0.4, -0.2) is 10.8 Å². The smallest absolute Gasteiger partial charge is 0.136 e. The SMILES string of the molecule is O=C1CCCC1Cc1c[nH]c2cc(F)ccc12. The second kappa shape index (κ2) is 3.99. The van der Waals surface area contributed by atoms with Crippen molar-refractivity contribution >= 4 is 16.7 Å². The normalized spacial score (nSPS) is 20.3. The molecule has 1 aromatic carbocycles. The van der Waals surface area contributed by atoms with Crippen LogP contribution in [0.15, 0.2) is 24.4 Å². The van der Waals surface area contributed by atoms with Gasteiger partial charge in [-0.2, -0.15) is 0 Å². The van der Waals surface area contributed by atoms with Gasteiger partial charge >= 0.3 is 0 Å². The van der Waals surface area contributed by atoms with Crippen molar-refractivity contribution in [1.29, 1.82) is 0 Å². The first-order chi connectivity index (χ1) is 8.24. The summed E-state index contributed by atoms with van der Waals surface area (Å²) in [7, 11) is 0. The lowest BCUT2D eigenvalue weighted by Crippen LogP contribution is -2.09. The molecule has 1 aromatic heterocycles. The quantitative estimate of drug-likeness (QED) is 0.845. The third-order valence-electron chi connectivity index (χ3n) is 3.63. The Kier molecular flexibility index (Phi) is 2.46. The molecule has 2 nitrogen and oxygen atoms in total. The first-order valence-corrected chi connectivity index (χ1v) is 6.02. The van der Waals surface area contributed by atoms with Crippen LogP contribution in [0.3, 0.4) is 0 Å². The Morgan fingerprint density at radius 1 is 1.41 bits per heavy atom. The van der Waals surface area contributed by atoms with Gasteiger partial charge in [0.05, 0.1) is 0 Å². The number of aromatic nitrogens is 1. The van der Waals surface area contributed by atoms with E-state index in [1.165, 1.54) is 12.1 Å². The van der Waals surface area contributed by atoms with Crippen molar-refractivity contribution in [1.82, 2.24) is 4.98 Å². The van der Waals surface area contributed by atoms with Crippen LogP contribution in [0.25, 0.3) is 10.9 Å². The molecule has 2 aromatic rings. The fourth-order valence-corrected chi connectivity index (χ4v) is 2.70. The van der Waals surface area contributed by atoms with Gasteiger partial charge in [-0.05, 0) is 43.0 Å². The average Bonchev–Trinajstić information content (AvgIpc) is 2.87. The molecular weight excluding hydrogens is 217 g/mol. The Labute approximate surface area is 98.8 Å². The molecule has 0 aliphatic heterocycles. The Balaban J connectivity index is 1.93. The minimum Gasteiger partial charge on any atom is -0.361 e. The van der Waals surface area contributed by atoms with E-state index in [2.05, 4.69) is 4.98 Å². The molecule has 0 radical (unpaired) electrons. The van der Waals surface area contributed by atoms with E-state index in [1.54, 1.807) is 6.07 Å². The van der Waals surface area contributed by atoms with Crippen molar-refractivity contribution in [2.75, 3.05) is 0 Å². The highest BCUT2D eigenvalue weighted by Crippen LogP contribution is 2.28. The number of hydrogen-bond donors (Lipinski definition) is 1. The Bertz CT molecular complexity index is 573. The zero-order valence-corrected chi connectivity index (χ0v) is 9.50. The lowest BCUT2D eigenvalue weighted by molar-refractivity contribution is -0.120. The summed E-state index contributed by atoms with van der Waals surface area (Å²) in [6.07, 6.45) is 5.41. The molecule has 3 rings (SSSR count). The maximum Gasteiger partial charge on any atom is 0.136 e.